The lowest BCUT2D eigenvalue weighted by molar-refractivity contribution is 0.166. The molecule has 0 fully saturated rings. The second kappa shape index (κ2) is 10.1. The van der Waals surface area contributed by atoms with Crippen LogP contribution in [-0.4, -0.2) is 10.2 Å². The molecule has 0 heterocycles. The Balaban J connectivity index is 0.000000211. The lowest BCUT2D eigenvalue weighted by Gasteiger charge is -2.07. The van der Waals surface area contributed by atoms with E-state index in [1.165, 1.54) is 0 Å². The van der Waals surface area contributed by atoms with Gasteiger partial charge in [-0.3, -0.25) is 0 Å². The van der Waals surface area contributed by atoms with E-state index in [1.54, 1.807) is 0 Å². The van der Waals surface area contributed by atoms with Crippen LogP contribution < -0.4 is 0 Å². The van der Waals surface area contributed by atoms with E-state index in [0.717, 1.165) is 30.4 Å². The first-order valence-electron chi connectivity index (χ1n) is 7.65. The van der Waals surface area contributed by atoms with Gasteiger partial charge in [0.15, 0.2) is 0 Å². The SMILES string of the molecule is CCC(O)c1ccccc1.CCCC(O)c1ccccc1. The molecule has 0 aliphatic rings. The highest BCUT2D eigenvalue weighted by atomic mass is 16.3. The van der Waals surface area contributed by atoms with Crippen LogP contribution in [0.15, 0.2) is 60.7 Å². The maximum absolute atomic E-state index is 9.52. The van der Waals surface area contributed by atoms with Gasteiger partial charge in [0.05, 0.1) is 12.2 Å². The molecule has 2 N–H and O–H groups in total. The Kier molecular flexibility index (Phi) is 8.41. The molecule has 0 saturated heterocycles. The molecule has 21 heavy (non-hydrogen) atoms. The minimum atomic E-state index is -0.291. The number of aliphatic hydroxyl groups is 2. The molecule has 2 heteroatoms. The van der Waals surface area contributed by atoms with E-state index >= 15 is 0 Å². The molecule has 2 unspecified atom stereocenters. The van der Waals surface area contributed by atoms with Crippen LogP contribution in [0.5, 0.6) is 0 Å². The van der Waals surface area contributed by atoms with Gasteiger partial charge in [-0.25, -0.2) is 0 Å². The van der Waals surface area contributed by atoms with Gasteiger partial charge in [-0.15, -0.1) is 0 Å². The van der Waals surface area contributed by atoms with Gasteiger partial charge >= 0.3 is 0 Å². The highest BCUT2D eigenvalue weighted by Crippen LogP contribution is 2.16. The molecular formula is C19H26O2. The summed E-state index contributed by atoms with van der Waals surface area (Å²) in [4.78, 5) is 0. The molecule has 114 valence electrons. The van der Waals surface area contributed by atoms with E-state index in [9.17, 15) is 10.2 Å². The second-order valence-electron chi connectivity index (χ2n) is 5.05. The summed E-state index contributed by atoms with van der Waals surface area (Å²) >= 11 is 0. The van der Waals surface area contributed by atoms with Crippen LogP contribution in [0.1, 0.15) is 56.4 Å². The number of hydrogen-bond donors (Lipinski definition) is 2. The molecule has 2 atom stereocenters. The van der Waals surface area contributed by atoms with E-state index < -0.39 is 0 Å². The second-order valence-corrected chi connectivity index (χ2v) is 5.05. The van der Waals surface area contributed by atoms with Gasteiger partial charge in [0, 0.05) is 0 Å². The fourth-order valence-corrected chi connectivity index (χ4v) is 2.03. The maximum Gasteiger partial charge on any atom is 0.0790 e. The first-order valence-corrected chi connectivity index (χ1v) is 7.65. The van der Waals surface area contributed by atoms with Crippen LogP contribution in [-0.2, 0) is 0 Å². The van der Waals surface area contributed by atoms with Gasteiger partial charge in [0.25, 0.3) is 0 Å². The van der Waals surface area contributed by atoms with Crippen molar-refractivity contribution in [1.82, 2.24) is 0 Å². The quantitative estimate of drug-likeness (QED) is 0.840. The molecule has 2 nitrogen and oxygen atoms in total. The number of benzene rings is 2. The Morgan fingerprint density at radius 3 is 1.52 bits per heavy atom. The minimum Gasteiger partial charge on any atom is -0.388 e. The highest BCUT2D eigenvalue weighted by molar-refractivity contribution is 5.17. The van der Waals surface area contributed by atoms with Crippen molar-refractivity contribution in [2.75, 3.05) is 0 Å². The predicted molar refractivity (Wildman–Crippen MR) is 88.0 cm³/mol. The fourth-order valence-electron chi connectivity index (χ4n) is 2.03. The predicted octanol–water partition coefficient (Wildman–Crippen LogP) is 4.65. The van der Waals surface area contributed by atoms with Gasteiger partial charge in [-0.05, 0) is 24.0 Å². The van der Waals surface area contributed by atoms with E-state index in [1.807, 2.05) is 67.6 Å². The number of hydrogen-bond acceptors (Lipinski definition) is 2. The molecule has 0 aliphatic heterocycles. The zero-order chi connectivity index (χ0) is 15.5. The first-order chi connectivity index (χ1) is 10.2. The molecule has 0 radical (unpaired) electrons. The third kappa shape index (κ3) is 6.56. The van der Waals surface area contributed by atoms with Crippen molar-refractivity contribution in [2.24, 2.45) is 0 Å². The average molecular weight is 286 g/mol. The Morgan fingerprint density at radius 2 is 1.14 bits per heavy atom. The molecule has 0 aliphatic carbocycles. The number of rotatable bonds is 5. The van der Waals surface area contributed by atoms with Gasteiger partial charge in [0.2, 0.25) is 0 Å². The van der Waals surface area contributed by atoms with E-state index in [-0.39, 0.29) is 12.2 Å². The van der Waals surface area contributed by atoms with Crippen molar-refractivity contribution in [1.29, 1.82) is 0 Å². The van der Waals surface area contributed by atoms with Crippen LogP contribution in [0, 0.1) is 0 Å². The summed E-state index contributed by atoms with van der Waals surface area (Å²) in [6.07, 6.45) is 2.09. The Labute approximate surface area is 128 Å². The molecule has 0 bridgehead atoms. The normalized spacial score (nSPS) is 13.0. The van der Waals surface area contributed by atoms with Gasteiger partial charge in [-0.1, -0.05) is 80.9 Å². The zero-order valence-electron chi connectivity index (χ0n) is 12.9. The van der Waals surface area contributed by atoms with Gasteiger partial charge in [0.1, 0.15) is 0 Å². The Hall–Kier alpha value is -1.64. The van der Waals surface area contributed by atoms with Crippen molar-refractivity contribution in [2.45, 2.75) is 45.3 Å². The van der Waals surface area contributed by atoms with E-state index in [2.05, 4.69) is 6.92 Å². The Bertz CT molecular complexity index is 467. The van der Waals surface area contributed by atoms with Gasteiger partial charge in [-0.2, -0.15) is 0 Å². The molecule has 0 spiro atoms. The van der Waals surface area contributed by atoms with E-state index in [0.29, 0.717) is 0 Å². The molecule has 0 amide bonds. The lowest BCUT2D eigenvalue weighted by atomic mass is 10.1. The topological polar surface area (TPSA) is 40.5 Å². The molecular weight excluding hydrogens is 260 g/mol. The molecule has 0 aromatic heterocycles. The smallest absolute Gasteiger partial charge is 0.0790 e. The third-order valence-electron chi connectivity index (χ3n) is 3.32. The lowest BCUT2D eigenvalue weighted by Crippen LogP contribution is -1.95. The van der Waals surface area contributed by atoms with Crippen LogP contribution in [0.25, 0.3) is 0 Å². The van der Waals surface area contributed by atoms with Crippen LogP contribution >= 0.6 is 0 Å². The maximum atomic E-state index is 9.52. The van der Waals surface area contributed by atoms with Crippen molar-refractivity contribution >= 4 is 0 Å². The fraction of sp³-hybridized carbons (Fsp3) is 0.368. The van der Waals surface area contributed by atoms with Crippen molar-refractivity contribution < 1.29 is 10.2 Å². The van der Waals surface area contributed by atoms with Gasteiger partial charge < -0.3 is 10.2 Å². The summed E-state index contributed by atoms with van der Waals surface area (Å²) in [6, 6.07) is 19.5. The molecule has 2 rings (SSSR count). The summed E-state index contributed by atoms with van der Waals surface area (Å²) in [5, 5.41) is 18.8. The van der Waals surface area contributed by atoms with Crippen LogP contribution in [0.4, 0.5) is 0 Å². The zero-order valence-corrected chi connectivity index (χ0v) is 12.9. The van der Waals surface area contributed by atoms with Crippen molar-refractivity contribution in [3.63, 3.8) is 0 Å². The largest absolute Gasteiger partial charge is 0.388 e. The Morgan fingerprint density at radius 1 is 0.714 bits per heavy atom. The summed E-state index contributed by atoms with van der Waals surface area (Å²) in [7, 11) is 0. The van der Waals surface area contributed by atoms with Crippen molar-refractivity contribution in [3.8, 4) is 0 Å². The molecule has 2 aromatic rings. The summed E-state index contributed by atoms with van der Waals surface area (Å²) in [5.74, 6) is 0. The first kappa shape index (κ1) is 17.4. The molecule has 2 aromatic carbocycles. The monoisotopic (exact) mass is 286 g/mol. The summed E-state index contributed by atoms with van der Waals surface area (Å²) in [5.41, 5.74) is 2.03. The van der Waals surface area contributed by atoms with Crippen LogP contribution in [0.3, 0.4) is 0 Å². The number of aliphatic hydroxyl groups excluding tert-OH is 2. The summed E-state index contributed by atoms with van der Waals surface area (Å²) < 4.78 is 0. The van der Waals surface area contributed by atoms with Crippen LogP contribution in [0.2, 0.25) is 0 Å². The third-order valence-corrected chi connectivity index (χ3v) is 3.32. The summed E-state index contributed by atoms with van der Waals surface area (Å²) in [6.45, 7) is 4.05. The van der Waals surface area contributed by atoms with Crippen molar-refractivity contribution in [3.05, 3.63) is 71.8 Å². The van der Waals surface area contributed by atoms with E-state index in [4.69, 9.17) is 0 Å². The molecule has 0 saturated carbocycles. The highest BCUT2D eigenvalue weighted by Gasteiger charge is 2.03. The minimum absolute atomic E-state index is 0.277. The standard InChI is InChI=1S/C10H14O.C9H12O/c1-2-6-10(11)9-7-4-3-5-8-9;1-2-9(10)8-6-4-3-5-7-8/h3-5,7-8,10-11H,2,6H2,1H3;3-7,9-10H,2H2,1H3. The average Bonchev–Trinajstić information content (AvgIpc) is 2.56.